The van der Waals surface area contributed by atoms with Gasteiger partial charge < -0.3 is 20.2 Å². The molecule has 0 radical (unpaired) electrons. The standard InChI is InChI=1S/C23H22F2N6O3/c1-12(15-9-13(24)3-4-16(15)25)29(2)18-6-8-31-23(28-18)17(10-26-31)27-19-20(22(34)21(19)33)30-7-5-14(32)11-30/h3-4,6,8-10,12,14,27,32H,5,7,11H2,1-2H3/t12-,14+/m1/s1. The number of hydrogen-bond acceptors (Lipinski definition) is 8. The average Bonchev–Trinajstić information content (AvgIpc) is 3.44. The van der Waals surface area contributed by atoms with E-state index < -0.39 is 34.6 Å². The number of aromatic nitrogens is 3. The Morgan fingerprint density at radius 3 is 2.76 bits per heavy atom. The molecule has 1 aliphatic heterocycles. The van der Waals surface area contributed by atoms with Crippen LogP contribution in [0.2, 0.25) is 0 Å². The third-order valence-electron chi connectivity index (χ3n) is 6.33. The molecule has 0 saturated carbocycles. The number of anilines is 4. The molecule has 0 spiro atoms. The van der Waals surface area contributed by atoms with E-state index in [0.717, 1.165) is 18.2 Å². The number of benzene rings is 1. The first kappa shape index (κ1) is 22.0. The largest absolute Gasteiger partial charge is 0.391 e. The highest BCUT2D eigenvalue weighted by molar-refractivity contribution is 5.84. The molecular weight excluding hydrogens is 446 g/mol. The van der Waals surface area contributed by atoms with Crippen LogP contribution in [0.25, 0.3) is 5.65 Å². The second kappa shape index (κ2) is 8.17. The summed E-state index contributed by atoms with van der Waals surface area (Å²) in [4.78, 5) is 32.5. The zero-order valence-electron chi connectivity index (χ0n) is 18.5. The fraction of sp³-hybridized carbons (Fsp3) is 0.304. The monoisotopic (exact) mass is 468 g/mol. The van der Waals surface area contributed by atoms with E-state index in [4.69, 9.17) is 0 Å². The van der Waals surface area contributed by atoms with Crippen molar-refractivity contribution >= 4 is 28.5 Å². The van der Waals surface area contributed by atoms with Crippen LogP contribution in [-0.2, 0) is 0 Å². The van der Waals surface area contributed by atoms with E-state index in [-0.39, 0.29) is 23.5 Å². The van der Waals surface area contributed by atoms with E-state index in [1.165, 1.54) is 10.7 Å². The van der Waals surface area contributed by atoms with Crippen LogP contribution < -0.4 is 26.0 Å². The van der Waals surface area contributed by atoms with Gasteiger partial charge >= 0.3 is 0 Å². The number of hydrogen-bond donors (Lipinski definition) is 2. The molecule has 11 heteroatoms. The van der Waals surface area contributed by atoms with Crippen LogP contribution >= 0.6 is 0 Å². The molecule has 9 nitrogen and oxygen atoms in total. The second-order valence-corrected chi connectivity index (χ2v) is 8.46. The van der Waals surface area contributed by atoms with Crippen molar-refractivity contribution in [2.75, 3.05) is 35.3 Å². The third kappa shape index (κ3) is 3.58. The van der Waals surface area contributed by atoms with Crippen LogP contribution in [0.4, 0.5) is 31.7 Å². The maximum absolute atomic E-state index is 14.3. The number of aliphatic hydroxyl groups is 1. The van der Waals surface area contributed by atoms with Crippen molar-refractivity contribution in [1.29, 1.82) is 0 Å². The highest BCUT2D eigenvalue weighted by atomic mass is 19.1. The van der Waals surface area contributed by atoms with Gasteiger partial charge in [-0.25, -0.2) is 18.3 Å². The molecule has 4 aromatic rings. The molecule has 176 valence electrons. The van der Waals surface area contributed by atoms with Gasteiger partial charge in [0.1, 0.15) is 34.5 Å². The first-order chi connectivity index (χ1) is 16.2. The van der Waals surface area contributed by atoms with Gasteiger partial charge in [0, 0.05) is 31.9 Å². The zero-order valence-corrected chi connectivity index (χ0v) is 18.5. The van der Waals surface area contributed by atoms with Gasteiger partial charge in [-0.1, -0.05) is 0 Å². The minimum absolute atomic E-state index is 0.143. The molecule has 5 rings (SSSR count). The van der Waals surface area contributed by atoms with Crippen molar-refractivity contribution in [3.63, 3.8) is 0 Å². The third-order valence-corrected chi connectivity index (χ3v) is 6.33. The summed E-state index contributed by atoms with van der Waals surface area (Å²) in [6.07, 6.45) is 3.13. The Bertz CT molecular complexity index is 1460. The number of rotatable bonds is 6. The molecule has 2 aromatic heterocycles. The lowest BCUT2D eigenvalue weighted by molar-refractivity contribution is 0.198. The Labute approximate surface area is 192 Å². The van der Waals surface area contributed by atoms with Gasteiger partial charge in [-0.3, -0.25) is 9.59 Å². The summed E-state index contributed by atoms with van der Waals surface area (Å²) in [7, 11) is 1.71. The lowest BCUT2D eigenvalue weighted by Crippen LogP contribution is -2.41. The molecule has 0 bridgehead atoms. The first-order valence-corrected chi connectivity index (χ1v) is 10.8. The van der Waals surface area contributed by atoms with Crippen molar-refractivity contribution < 1.29 is 13.9 Å². The van der Waals surface area contributed by atoms with Crippen molar-refractivity contribution in [1.82, 2.24) is 14.6 Å². The van der Waals surface area contributed by atoms with Gasteiger partial charge in [-0.2, -0.15) is 5.10 Å². The van der Waals surface area contributed by atoms with Gasteiger partial charge in [-0.15, -0.1) is 0 Å². The quantitative estimate of drug-likeness (QED) is 0.415. The van der Waals surface area contributed by atoms with E-state index in [0.29, 0.717) is 30.1 Å². The van der Waals surface area contributed by atoms with Crippen molar-refractivity contribution in [3.05, 3.63) is 74.3 Å². The number of halogens is 2. The molecule has 2 atom stereocenters. The lowest BCUT2D eigenvalue weighted by atomic mass is 10.1. The molecule has 34 heavy (non-hydrogen) atoms. The van der Waals surface area contributed by atoms with Crippen molar-refractivity contribution in [2.45, 2.75) is 25.5 Å². The normalized spacial score (nSPS) is 17.0. The van der Waals surface area contributed by atoms with Crippen LogP contribution in [-0.4, -0.2) is 45.9 Å². The van der Waals surface area contributed by atoms with Crippen LogP contribution in [0.15, 0.2) is 46.2 Å². The van der Waals surface area contributed by atoms with Crippen LogP contribution in [0.5, 0.6) is 0 Å². The van der Waals surface area contributed by atoms with Gasteiger partial charge in [0.05, 0.1) is 18.3 Å². The Hall–Kier alpha value is -3.86. The number of fused-ring (bicyclic) bond motifs is 1. The summed E-state index contributed by atoms with van der Waals surface area (Å²) >= 11 is 0. The van der Waals surface area contributed by atoms with E-state index in [9.17, 15) is 23.5 Å². The summed E-state index contributed by atoms with van der Waals surface area (Å²) < 4.78 is 29.5. The van der Waals surface area contributed by atoms with Crippen molar-refractivity contribution in [2.24, 2.45) is 0 Å². The summed E-state index contributed by atoms with van der Waals surface area (Å²) in [6.45, 7) is 2.51. The zero-order chi connectivity index (χ0) is 24.1. The summed E-state index contributed by atoms with van der Waals surface area (Å²) in [5.74, 6) is -0.579. The topological polar surface area (TPSA) is 103 Å². The van der Waals surface area contributed by atoms with E-state index in [1.54, 1.807) is 36.0 Å². The minimum atomic E-state index is -0.640. The lowest BCUT2D eigenvalue weighted by Gasteiger charge is -2.26. The van der Waals surface area contributed by atoms with E-state index in [1.807, 2.05) is 0 Å². The molecule has 2 N–H and O–H groups in total. The van der Waals surface area contributed by atoms with Gasteiger partial charge in [-0.05, 0) is 37.6 Å². The Balaban J connectivity index is 1.46. The average molecular weight is 468 g/mol. The number of β-amino-alcohol motifs (C(OH)–C–C–N with tert-alkyl or cyclic N) is 1. The fourth-order valence-electron chi connectivity index (χ4n) is 4.26. The molecule has 1 fully saturated rings. The Kier molecular flexibility index (Phi) is 5.28. The molecule has 2 aromatic carbocycles. The number of aliphatic hydroxyl groups excluding tert-OH is 1. The predicted octanol–water partition coefficient (Wildman–Crippen LogP) is 2.12. The molecule has 0 amide bonds. The van der Waals surface area contributed by atoms with E-state index in [2.05, 4.69) is 15.4 Å². The molecule has 0 unspecified atom stereocenters. The predicted molar refractivity (Wildman–Crippen MR) is 124 cm³/mol. The molecule has 3 heterocycles. The number of nitrogens with one attached hydrogen (secondary N) is 1. The summed E-state index contributed by atoms with van der Waals surface area (Å²) in [6, 6.07) is 4.48. The van der Waals surface area contributed by atoms with Gasteiger partial charge in [0.25, 0.3) is 10.9 Å². The highest BCUT2D eigenvalue weighted by Gasteiger charge is 2.31. The maximum Gasteiger partial charge on any atom is 0.253 e. The van der Waals surface area contributed by atoms with Crippen LogP contribution in [0, 0.1) is 11.6 Å². The number of nitrogens with zero attached hydrogens (tertiary/aromatic N) is 5. The minimum Gasteiger partial charge on any atom is -0.391 e. The van der Waals surface area contributed by atoms with Gasteiger partial charge in [0.15, 0.2) is 5.65 Å². The Morgan fingerprint density at radius 2 is 2.03 bits per heavy atom. The summed E-state index contributed by atoms with van der Waals surface area (Å²) in [5.41, 5.74) is 0.155. The van der Waals surface area contributed by atoms with Crippen LogP contribution in [0.3, 0.4) is 0 Å². The summed E-state index contributed by atoms with van der Waals surface area (Å²) in [5, 5.41) is 17.0. The molecular formula is C23H22F2N6O3. The SMILES string of the molecule is C[C@H](c1cc(F)ccc1F)N(C)c1ccn2ncc(Nc3c(N4CC[C@H](O)C4)c(=O)c3=O)c2n1. The Morgan fingerprint density at radius 1 is 1.24 bits per heavy atom. The van der Waals surface area contributed by atoms with Crippen molar-refractivity contribution in [3.8, 4) is 0 Å². The molecule has 1 saturated heterocycles. The second-order valence-electron chi connectivity index (χ2n) is 8.46. The fourth-order valence-corrected chi connectivity index (χ4v) is 4.26. The van der Waals surface area contributed by atoms with E-state index >= 15 is 0 Å². The molecule has 0 aliphatic carbocycles. The van der Waals surface area contributed by atoms with Crippen LogP contribution in [0.1, 0.15) is 24.9 Å². The molecule has 1 aliphatic rings. The highest BCUT2D eigenvalue weighted by Crippen LogP contribution is 2.31. The first-order valence-electron chi connectivity index (χ1n) is 10.8. The smallest absolute Gasteiger partial charge is 0.253 e. The maximum atomic E-state index is 14.3. The van der Waals surface area contributed by atoms with Gasteiger partial charge in [0.2, 0.25) is 0 Å².